The standard InChI is InChI=1S/C14H25NO2/c1-11(2)14(10-16)6-3-13(9-14)15-12-4-7-17-8-5-12/h10-13,15H,3-9H2,1-2H3. The smallest absolute Gasteiger partial charge is 0.126 e. The minimum Gasteiger partial charge on any atom is -0.381 e. The van der Waals surface area contributed by atoms with Gasteiger partial charge in [-0.25, -0.2) is 0 Å². The Kier molecular flexibility index (Phi) is 4.21. The maximum absolute atomic E-state index is 11.4. The molecule has 0 bridgehead atoms. The second-order valence-corrected chi connectivity index (χ2v) is 6.00. The van der Waals surface area contributed by atoms with Crippen LogP contribution in [0.25, 0.3) is 0 Å². The van der Waals surface area contributed by atoms with Gasteiger partial charge >= 0.3 is 0 Å². The van der Waals surface area contributed by atoms with Gasteiger partial charge in [0, 0.05) is 30.7 Å². The Morgan fingerprint density at radius 3 is 2.47 bits per heavy atom. The monoisotopic (exact) mass is 239 g/mol. The quantitative estimate of drug-likeness (QED) is 0.764. The van der Waals surface area contributed by atoms with Gasteiger partial charge in [0.15, 0.2) is 0 Å². The van der Waals surface area contributed by atoms with Crippen molar-refractivity contribution >= 4 is 6.29 Å². The fraction of sp³-hybridized carbons (Fsp3) is 0.929. The van der Waals surface area contributed by atoms with Gasteiger partial charge in [0.05, 0.1) is 0 Å². The fourth-order valence-corrected chi connectivity index (χ4v) is 3.21. The highest BCUT2D eigenvalue weighted by Crippen LogP contribution is 2.42. The van der Waals surface area contributed by atoms with Crippen molar-refractivity contribution < 1.29 is 9.53 Å². The van der Waals surface area contributed by atoms with Gasteiger partial charge < -0.3 is 14.8 Å². The van der Waals surface area contributed by atoms with Crippen molar-refractivity contribution in [3.05, 3.63) is 0 Å². The van der Waals surface area contributed by atoms with Crippen molar-refractivity contribution in [1.82, 2.24) is 5.32 Å². The predicted molar refractivity (Wildman–Crippen MR) is 68.0 cm³/mol. The molecule has 0 spiro atoms. The number of nitrogens with one attached hydrogen (secondary N) is 1. The average Bonchev–Trinajstić information content (AvgIpc) is 2.75. The molecule has 3 heteroatoms. The molecule has 2 aliphatic rings. The highest BCUT2D eigenvalue weighted by Gasteiger charge is 2.41. The van der Waals surface area contributed by atoms with E-state index in [9.17, 15) is 4.79 Å². The van der Waals surface area contributed by atoms with E-state index >= 15 is 0 Å². The summed E-state index contributed by atoms with van der Waals surface area (Å²) in [5.41, 5.74) is -0.0666. The summed E-state index contributed by atoms with van der Waals surface area (Å²) < 4.78 is 5.37. The molecule has 0 aromatic heterocycles. The topological polar surface area (TPSA) is 38.3 Å². The molecule has 1 aliphatic heterocycles. The lowest BCUT2D eigenvalue weighted by Gasteiger charge is -2.29. The van der Waals surface area contributed by atoms with Crippen LogP contribution >= 0.6 is 0 Å². The summed E-state index contributed by atoms with van der Waals surface area (Å²) in [5.74, 6) is 0.460. The maximum atomic E-state index is 11.4. The third kappa shape index (κ3) is 2.89. The zero-order valence-electron chi connectivity index (χ0n) is 11.1. The van der Waals surface area contributed by atoms with E-state index in [-0.39, 0.29) is 5.41 Å². The van der Waals surface area contributed by atoms with E-state index in [0.717, 1.165) is 45.3 Å². The van der Waals surface area contributed by atoms with Crippen LogP contribution in [0.15, 0.2) is 0 Å². The van der Waals surface area contributed by atoms with Gasteiger partial charge in [-0.05, 0) is 38.0 Å². The molecule has 0 radical (unpaired) electrons. The molecule has 2 atom stereocenters. The lowest BCUT2D eigenvalue weighted by Crippen LogP contribution is -2.41. The zero-order chi connectivity index (χ0) is 12.3. The number of hydrogen-bond donors (Lipinski definition) is 1. The van der Waals surface area contributed by atoms with Crippen molar-refractivity contribution in [3.8, 4) is 0 Å². The van der Waals surface area contributed by atoms with Crippen molar-refractivity contribution in [2.75, 3.05) is 13.2 Å². The van der Waals surface area contributed by atoms with E-state index in [0.29, 0.717) is 18.0 Å². The number of carbonyl (C=O) groups is 1. The van der Waals surface area contributed by atoms with Crippen LogP contribution in [-0.4, -0.2) is 31.6 Å². The SMILES string of the molecule is CC(C)C1(C=O)CCC(NC2CCOCC2)C1. The third-order valence-electron chi connectivity index (χ3n) is 4.66. The number of hydrogen-bond acceptors (Lipinski definition) is 3. The summed E-state index contributed by atoms with van der Waals surface area (Å²) in [6, 6.07) is 1.13. The molecule has 2 unspecified atom stereocenters. The Hall–Kier alpha value is -0.410. The van der Waals surface area contributed by atoms with Crippen LogP contribution in [0.2, 0.25) is 0 Å². The Balaban J connectivity index is 1.86. The molecule has 1 heterocycles. The summed E-state index contributed by atoms with van der Waals surface area (Å²) in [5, 5.41) is 3.72. The van der Waals surface area contributed by atoms with Crippen molar-refractivity contribution in [1.29, 1.82) is 0 Å². The summed E-state index contributed by atoms with van der Waals surface area (Å²) in [7, 11) is 0. The average molecular weight is 239 g/mol. The fourth-order valence-electron chi connectivity index (χ4n) is 3.21. The molecular formula is C14H25NO2. The van der Waals surface area contributed by atoms with E-state index in [1.54, 1.807) is 0 Å². The Bertz CT molecular complexity index is 261. The molecule has 2 fully saturated rings. The van der Waals surface area contributed by atoms with Crippen molar-refractivity contribution in [2.24, 2.45) is 11.3 Å². The van der Waals surface area contributed by atoms with Crippen LogP contribution in [0.4, 0.5) is 0 Å². The van der Waals surface area contributed by atoms with Crippen LogP contribution in [0.3, 0.4) is 0 Å². The van der Waals surface area contributed by atoms with E-state index in [2.05, 4.69) is 19.2 Å². The van der Waals surface area contributed by atoms with Crippen LogP contribution in [0, 0.1) is 11.3 Å². The lowest BCUT2D eigenvalue weighted by molar-refractivity contribution is -0.118. The number of rotatable bonds is 4. The second kappa shape index (κ2) is 5.49. The maximum Gasteiger partial charge on any atom is 0.126 e. The summed E-state index contributed by atoms with van der Waals surface area (Å²) in [4.78, 5) is 11.4. The molecule has 1 saturated heterocycles. The molecular weight excluding hydrogens is 214 g/mol. The summed E-state index contributed by atoms with van der Waals surface area (Å²) in [6.45, 7) is 6.11. The Morgan fingerprint density at radius 1 is 1.24 bits per heavy atom. The zero-order valence-corrected chi connectivity index (χ0v) is 11.1. The number of carbonyl (C=O) groups excluding carboxylic acids is 1. The Labute approximate surface area is 104 Å². The molecule has 3 nitrogen and oxygen atoms in total. The molecule has 17 heavy (non-hydrogen) atoms. The molecule has 0 amide bonds. The normalized spacial score (nSPS) is 35.4. The number of aldehydes is 1. The highest BCUT2D eigenvalue weighted by atomic mass is 16.5. The molecule has 2 rings (SSSR count). The van der Waals surface area contributed by atoms with E-state index < -0.39 is 0 Å². The second-order valence-electron chi connectivity index (χ2n) is 6.00. The molecule has 1 N–H and O–H groups in total. The van der Waals surface area contributed by atoms with Crippen LogP contribution in [0.5, 0.6) is 0 Å². The van der Waals surface area contributed by atoms with Gasteiger partial charge in [-0.2, -0.15) is 0 Å². The van der Waals surface area contributed by atoms with Gasteiger partial charge in [0.25, 0.3) is 0 Å². The van der Waals surface area contributed by atoms with Crippen LogP contribution < -0.4 is 5.32 Å². The van der Waals surface area contributed by atoms with Crippen molar-refractivity contribution in [2.45, 2.75) is 58.0 Å². The molecule has 0 aromatic rings. The van der Waals surface area contributed by atoms with E-state index in [4.69, 9.17) is 4.74 Å². The third-order valence-corrected chi connectivity index (χ3v) is 4.66. The lowest BCUT2D eigenvalue weighted by atomic mass is 9.77. The largest absolute Gasteiger partial charge is 0.381 e. The van der Waals surface area contributed by atoms with Gasteiger partial charge in [-0.15, -0.1) is 0 Å². The minimum atomic E-state index is -0.0666. The molecule has 1 saturated carbocycles. The van der Waals surface area contributed by atoms with E-state index in [1.165, 1.54) is 6.29 Å². The first-order valence-electron chi connectivity index (χ1n) is 6.96. The molecule has 98 valence electrons. The summed E-state index contributed by atoms with van der Waals surface area (Å²) in [6.07, 6.45) is 6.66. The Morgan fingerprint density at radius 2 is 1.94 bits per heavy atom. The van der Waals surface area contributed by atoms with Gasteiger partial charge in [0.1, 0.15) is 6.29 Å². The molecule has 0 aromatic carbocycles. The summed E-state index contributed by atoms with van der Waals surface area (Å²) >= 11 is 0. The number of ether oxygens (including phenoxy) is 1. The first kappa shape index (κ1) is 13.0. The molecule has 1 aliphatic carbocycles. The van der Waals surface area contributed by atoms with Gasteiger partial charge in [-0.3, -0.25) is 0 Å². The highest BCUT2D eigenvalue weighted by molar-refractivity contribution is 5.60. The van der Waals surface area contributed by atoms with Gasteiger partial charge in [-0.1, -0.05) is 13.8 Å². The van der Waals surface area contributed by atoms with Crippen LogP contribution in [-0.2, 0) is 9.53 Å². The van der Waals surface area contributed by atoms with Crippen LogP contribution in [0.1, 0.15) is 46.0 Å². The van der Waals surface area contributed by atoms with E-state index in [1.807, 2.05) is 0 Å². The first-order chi connectivity index (χ1) is 8.16. The minimum absolute atomic E-state index is 0.0666. The predicted octanol–water partition coefficient (Wildman–Crippen LogP) is 2.15. The van der Waals surface area contributed by atoms with Gasteiger partial charge in [0.2, 0.25) is 0 Å². The first-order valence-corrected chi connectivity index (χ1v) is 6.96. The van der Waals surface area contributed by atoms with Crippen molar-refractivity contribution in [3.63, 3.8) is 0 Å².